The number of amides is 1. The van der Waals surface area contributed by atoms with Gasteiger partial charge in [0.1, 0.15) is 5.52 Å². The third kappa shape index (κ3) is 5.34. The number of benzene rings is 2. The first-order valence-electron chi connectivity index (χ1n) is 9.01. The van der Waals surface area contributed by atoms with E-state index in [1.807, 2.05) is 0 Å². The predicted octanol–water partition coefficient (Wildman–Crippen LogP) is 2.69. The SMILES string of the molecule is CN(Cc1ccc(Cl)c(Cl)c1)C(=O)COC(=O)CCn1nnc2ccccc2c1=O. The summed E-state index contributed by atoms with van der Waals surface area (Å²) in [6, 6.07) is 11.9. The third-order valence-corrected chi connectivity index (χ3v) is 5.08. The molecule has 0 aliphatic carbocycles. The van der Waals surface area contributed by atoms with E-state index in [1.54, 1.807) is 49.5 Å². The van der Waals surface area contributed by atoms with Crippen LogP contribution in [0.15, 0.2) is 47.3 Å². The molecule has 0 aliphatic rings. The Kier molecular flexibility index (Phi) is 7.02. The number of fused-ring (bicyclic) bond motifs is 1. The summed E-state index contributed by atoms with van der Waals surface area (Å²) in [6.07, 6.45) is -0.114. The molecule has 1 aromatic heterocycles. The van der Waals surface area contributed by atoms with Crippen LogP contribution >= 0.6 is 23.2 Å². The molecule has 0 spiro atoms. The first-order valence-corrected chi connectivity index (χ1v) is 9.77. The largest absolute Gasteiger partial charge is 0.456 e. The van der Waals surface area contributed by atoms with Gasteiger partial charge in [0.05, 0.1) is 28.4 Å². The highest BCUT2D eigenvalue weighted by Gasteiger charge is 2.14. The molecule has 0 atom stereocenters. The van der Waals surface area contributed by atoms with Crippen LogP contribution in [-0.2, 0) is 27.4 Å². The average molecular weight is 449 g/mol. The van der Waals surface area contributed by atoms with Crippen molar-refractivity contribution in [1.82, 2.24) is 19.9 Å². The smallest absolute Gasteiger partial charge is 0.308 e. The first-order chi connectivity index (χ1) is 14.3. The lowest BCUT2D eigenvalue weighted by Gasteiger charge is -2.17. The van der Waals surface area contributed by atoms with Gasteiger partial charge in [0, 0.05) is 13.6 Å². The summed E-state index contributed by atoms with van der Waals surface area (Å²) in [5.74, 6) is -0.995. The van der Waals surface area contributed by atoms with Crippen LogP contribution in [0, 0.1) is 0 Å². The van der Waals surface area contributed by atoms with Gasteiger partial charge in [-0.3, -0.25) is 14.4 Å². The highest BCUT2D eigenvalue weighted by Crippen LogP contribution is 2.23. The lowest BCUT2D eigenvalue weighted by molar-refractivity contribution is -0.152. The Morgan fingerprint density at radius 3 is 2.67 bits per heavy atom. The van der Waals surface area contributed by atoms with Gasteiger partial charge in [0.15, 0.2) is 6.61 Å². The molecule has 30 heavy (non-hydrogen) atoms. The fraction of sp³-hybridized carbons (Fsp3) is 0.250. The molecule has 0 N–H and O–H groups in total. The predicted molar refractivity (Wildman–Crippen MR) is 112 cm³/mol. The second kappa shape index (κ2) is 9.69. The second-order valence-corrected chi connectivity index (χ2v) is 7.36. The molecule has 0 bridgehead atoms. The van der Waals surface area contributed by atoms with E-state index in [0.29, 0.717) is 20.9 Å². The minimum atomic E-state index is -0.617. The Morgan fingerprint density at radius 2 is 1.90 bits per heavy atom. The van der Waals surface area contributed by atoms with Crippen molar-refractivity contribution in [2.75, 3.05) is 13.7 Å². The van der Waals surface area contributed by atoms with Crippen molar-refractivity contribution in [2.24, 2.45) is 0 Å². The van der Waals surface area contributed by atoms with Crippen molar-refractivity contribution < 1.29 is 14.3 Å². The molecule has 0 aliphatic heterocycles. The number of likely N-dealkylation sites (N-methyl/N-ethyl adjacent to an activating group) is 1. The van der Waals surface area contributed by atoms with E-state index in [-0.39, 0.29) is 31.0 Å². The van der Waals surface area contributed by atoms with Crippen LogP contribution in [0.2, 0.25) is 10.0 Å². The van der Waals surface area contributed by atoms with Gasteiger partial charge in [-0.25, -0.2) is 4.68 Å². The number of carbonyl (C=O) groups is 2. The van der Waals surface area contributed by atoms with Crippen molar-refractivity contribution in [1.29, 1.82) is 0 Å². The summed E-state index contributed by atoms with van der Waals surface area (Å²) in [5, 5.41) is 9.01. The zero-order chi connectivity index (χ0) is 21.7. The molecule has 1 heterocycles. The summed E-state index contributed by atoms with van der Waals surface area (Å²) in [4.78, 5) is 37.9. The van der Waals surface area contributed by atoms with Crippen molar-refractivity contribution in [3.8, 4) is 0 Å². The number of ether oxygens (including phenoxy) is 1. The summed E-state index contributed by atoms with van der Waals surface area (Å²) in [5.41, 5.74) is 0.934. The number of hydrogen-bond acceptors (Lipinski definition) is 6. The number of aromatic nitrogens is 3. The van der Waals surface area contributed by atoms with Gasteiger partial charge in [-0.1, -0.05) is 46.6 Å². The molecular formula is C20H18Cl2N4O4. The topological polar surface area (TPSA) is 94.4 Å². The molecule has 8 nitrogen and oxygen atoms in total. The molecule has 3 aromatic rings. The van der Waals surface area contributed by atoms with Crippen molar-refractivity contribution in [2.45, 2.75) is 19.5 Å². The average Bonchev–Trinajstić information content (AvgIpc) is 2.74. The van der Waals surface area contributed by atoms with E-state index in [0.717, 1.165) is 10.2 Å². The number of esters is 1. The van der Waals surface area contributed by atoms with Crippen LogP contribution in [0.5, 0.6) is 0 Å². The maximum absolute atomic E-state index is 12.3. The van der Waals surface area contributed by atoms with E-state index in [1.165, 1.54) is 4.90 Å². The molecule has 156 valence electrons. The maximum atomic E-state index is 12.3. The van der Waals surface area contributed by atoms with Crippen molar-refractivity contribution >= 4 is 46.0 Å². The maximum Gasteiger partial charge on any atom is 0.308 e. The van der Waals surface area contributed by atoms with Crippen LogP contribution < -0.4 is 5.56 Å². The number of rotatable bonds is 7. The second-order valence-electron chi connectivity index (χ2n) is 6.54. The molecule has 0 saturated heterocycles. The van der Waals surface area contributed by atoms with E-state index >= 15 is 0 Å². The van der Waals surface area contributed by atoms with Crippen LogP contribution in [0.4, 0.5) is 0 Å². The minimum Gasteiger partial charge on any atom is -0.456 e. The van der Waals surface area contributed by atoms with Gasteiger partial charge in [0.2, 0.25) is 0 Å². The summed E-state index contributed by atoms with van der Waals surface area (Å²) in [6.45, 7) is -0.118. The number of hydrogen-bond donors (Lipinski definition) is 0. The Balaban J connectivity index is 1.49. The Bertz CT molecular complexity index is 1150. The van der Waals surface area contributed by atoms with Gasteiger partial charge >= 0.3 is 5.97 Å². The Morgan fingerprint density at radius 1 is 1.13 bits per heavy atom. The zero-order valence-electron chi connectivity index (χ0n) is 16.0. The Hall–Kier alpha value is -2.97. The third-order valence-electron chi connectivity index (χ3n) is 4.34. The molecule has 3 rings (SSSR count). The van der Waals surface area contributed by atoms with Gasteiger partial charge in [-0.2, -0.15) is 0 Å². The van der Waals surface area contributed by atoms with Gasteiger partial charge < -0.3 is 9.64 Å². The minimum absolute atomic E-state index is 0.00278. The summed E-state index contributed by atoms with van der Waals surface area (Å²) < 4.78 is 6.11. The summed E-state index contributed by atoms with van der Waals surface area (Å²) in [7, 11) is 1.59. The standard InChI is InChI=1S/C20H18Cl2N4O4/c1-25(11-13-6-7-15(21)16(22)10-13)18(27)12-30-19(28)8-9-26-20(29)14-4-2-3-5-17(14)23-24-26/h2-7,10H,8-9,11-12H2,1H3. The zero-order valence-corrected chi connectivity index (χ0v) is 17.6. The van der Waals surface area contributed by atoms with E-state index in [2.05, 4.69) is 10.3 Å². The monoisotopic (exact) mass is 448 g/mol. The van der Waals surface area contributed by atoms with E-state index in [4.69, 9.17) is 27.9 Å². The van der Waals surface area contributed by atoms with Crippen LogP contribution in [0.25, 0.3) is 10.9 Å². The van der Waals surface area contributed by atoms with E-state index < -0.39 is 12.6 Å². The molecule has 0 unspecified atom stereocenters. The van der Waals surface area contributed by atoms with Gasteiger partial charge in [-0.05, 0) is 29.8 Å². The number of carbonyl (C=O) groups excluding carboxylic acids is 2. The molecule has 0 radical (unpaired) electrons. The lowest BCUT2D eigenvalue weighted by atomic mass is 10.2. The van der Waals surface area contributed by atoms with E-state index in [9.17, 15) is 14.4 Å². The first kappa shape index (κ1) is 21.7. The van der Waals surface area contributed by atoms with Crippen LogP contribution in [0.3, 0.4) is 0 Å². The lowest BCUT2D eigenvalue weighted by Crippen LogP contribution is -2.31. The fourth-order valence-corrected chi connectivity index (χ4v) is 3.01. The molecular weight excluding hydrogens is 431 g/mol. The van der Waals surface area contributed by atoms with Gasteiger partial charge in [-0.15, -0.1) is 5.10 Å². The number of halogens is 2. The molecule has 2 aromatic carbocycles. The number of aryl methyl sites for hydroxylation is 1. The Labute approximate surface area is 181 Å². The highest BCUT2D eigenvalue weighted by molar-refractivity contribution is 6.42. The normalized spacial score (nSPS) is 10.8. The molecule has 0 saturated carbocycles. The quantitative estimate of drug-likeness (QED) is 0.515. The summed E-state index contributed by atoms with van der Waals surface area (Å²) >= 11 is 11.8. The van der Waals surface area contributed by atoms with Gasteiger partial charge in [0.25, 0.3) is 11.5 Å². The molecule has 10 heteroatoms. The van der Waals surface area contributed by atoms with Crippen molar-refractivity contribution in [3.63, 3.8) is 0 Å². The molecule has 1 amide bonds. The fourth-order valence-electron chi connectivity index (χ4n) is 2.69. The number of nitrogens with zero attached hydrogens (tertiary/aromatic N) is 4. The van der Waals surface area contributed by atoms with Crippen molar-refractivity contribution in [3.05, 3.63) is 68.4 Å². The van der Waals surface area contributed by atoms with Crippen LogP contribution in [0.1, 0.15) is 12.0 Å². The van der Waals surface area contributed by atoms with Crippen LogP contribution in [-0.4, -0.2) is 45.4 Å². The molecule has 0 fully saturated rings. The highest BCUT2D eigenvalue weighted by atomic mass is 35.5.